The second-order valence-electron chi connectivity index (χ2n) is 6.73. The van der Waals surface area contributed by atoms with E-state index >= 15 is 0 Å². The van der Waals surface area contributed by atoms with Gasteiger partial charge >= 0.3 is 12.0 Å². The maximum absolute atomic E-state index is 5.67. The summed E-state index contributed by atoms with van der Waals surface area (Å²) in [6.45, 7) is 2.63. The van der Waals surface area contributed by atoms with Crippen molar-refractivity contribution in [2.24, 2.45) is 0 Å². The third kappa shape index (κ3) is 5.34. The van der Waals surface area contributed by atoms with Crippen LogP contribution in [0.25, 0.3) is 0 Å². The lowest BCUT2D eigenvalue weighted by Gasteiger charge is -2.08. The summed E-state index contributed by atoms with van der Waals surface area (Å²) < 4.78 is 32.8. The highest BCUT2D eigenvalue weighted by Crippen LogP contribution is 2.25. The molecule has 2 atom stereocenters. The Bertz CT molecular complexity index is 898. The molecule has 154 valence electrons. The van der Waals surface area contributed by atoms with Crippen molar-refractivity contribution in [2.45, 2.75) is 12.2 Å². The Hall–Kier alpha value is -3.43. The Kier molecular flexibility index (Phi) is 5.28. The van der Waals surface area contributed by atoms with E-state index in [0.717, 1.165) is 24.7 Å². The Balaban J connectivity index is 1.16. The van der Waals surface area contributed by atoms with Gasteiger partial charge in [-0.25, -0.2) is 0 Å². The molecule has 9 heteroatoms. The minimum atomic E-state index is 0.129. The fourth-order valence-electron chi connectivity index (χ4n) is 2.49. The first-order valence-corrected chi connectivity index (χ1v) is 9.54. The minimum absolute atomic E-state index is 0.129. The molecule has 30 heavy (non-hydrogen) atoms. The van der Waals surface area contributed by atoms with Gasteiger partial charge in [0.05, 0.1) is 13.2 Å². The summed E-state index contributed by atoms with van der Waals surface area (Å²) in [6, 6.07) is 14.6. The van der Waals surface area contributed by atoms with E-state index in [1.807, 2.05) is 24.3 Å². The maximum Gasteiger partial charge on any atom is 0.328 e. The zero-order chi connectivity index (χ0) is 20.2. The summed E-state index contributed by atoms with van der Waals surface area (Å²) in [5, 5.41) is 0. The van der Waals surface area contributed by atoms with Gasteiger partial charge in [0.1, 0.15) is 54.7 Å². The van der Waals surface area contributed by atoms with Crippen LogP contribution in [0.4, 0.5) is 0 Å². The molecule has 2 aromatic carbocycles. The zero-order valence-corrected chi connectivity index (χ0v) is 16.0. The van der Waals surface area contributed by atoms with Gasteiger partial charge in [-0.2, -0.15) is 9.97 Å². The Labute approximate surface area is 172 Å². The molecule has 0 radical (unpaired) electrons. The molecule has 2 fully saturated rings. The van der Waals surface area contributed by atoms with E-state index < -0.39 is 0 Å². The molecule has 0 bridgehead atoms. The van der Waals surface area contributed by atoms with Crippen LogP contribution in [0.1, 0.15) is 0 Å². The third-order valence-electron chi connectivity index (χ3n) is 4.27. The Morgan fingerprint density at radius 3 is 1.47 bits per heavy atom. The van der Waals surface area contributed by atoms with E-state index in [1.54, 1.807) is 24.3 Å². The van der Waals surface area contributed by atoms with Crippen LogP contribution in [-0.2, 0) is 9.47 Å². The van der Waals surface area contributed by atoms with Crippen LogP contribution >= 0.6 is 0 Å². The predicted molar refractivity (Wildman–Crippen MR) is 103 cm³/mol. The number of epoxide rings is 2. The second-order valence-corrected chi connectivity index (χ2v) is 6.73. The summed E-state index contributed by atoms with van der Waals surface area (Å²) in [4.78, 5) is 12.2. The normalized spacial score (nSPS) is 19.1. The molecule has 5 rings (SSSR count). The van der Waals surface area contributed by atoms with Gasteiger partial charge in [-0.3, -0.25) is 0 Å². The highest BCUT2D eigenvalue weighted by atomic mass is 16.6. The Morgan fingerprint density at radius 1 is 0.667 bits per heavy atom. The van der Waals surface area contributed by atoms with Gasteiger partial charge < -0.3 is 28.4 Å². The van der Waals surface area contributed by atoms with E-state index in [-0.39, 0.29) is 24.2 Å². The van der Waals surface area contributed by atoms with Crippen molar-refractivity contribution in [2.75, 3.05) is 26.4 Å². The second kappa shape index (κ2) is 8.52. The molecule has 3 aromatic rings. The molecule has 2 aliphatic heterocycles. The quantitative estimate of drug-likeness (QED) is 0.468. The van der Waals surface area contributed by atoms with E-state index in [4.69, 9.17) is 28.4 Å². The maximum atomic E-state index is 5.67. The van der Waals surface area contributed by atoms with E-state index in [0.29, 0.717) is 24.7 Å². The summed E-state index contributed by atoms with van der Waals surface area (Å²) in [5.41, 5.74) is 0. The average molecular weight is 409 g/mol. The molecule has 0 N–H and O–H groups in total. The van der Waals surface area contributed by atoms with Crippen LogP contribution in [0.3, 0.4) is 0 Å². The van der Waals surface area contributed by atoms with Crippen molar-refractivity contribution >= 4 is 0 Å². The van der Waals surface area contributed by atoms with Crippen molar-refractivity contribution in [1.29, 1.82) is 0 Å². The number of ether oxygens (including phenoxy) is 6. The summed E-state index contributed by atoms with van der Waals surface area (Å²) in [7, 11) is 0. The van der Waals surface area contributed by atoms with Crippen molar-refractivity contribution in [3.05, 3.63) is 54.9 Å². The number of nitrogens with zero attached hydrogens (tertiary/aromatic N) is 3. The Morgan fingerprint density at radius 2 is 1.07 bits per heavy atom. The van der Waals surface area contributed by atoms with Crippen LogP contribution in [0.5, 0.6) is 35.0 Å². The molecule has 0 amide bonds. The van der Waals surface area contributed by atoms with Gasteiger partial charge in [0.2, 0.25) is 0 Å². The van der Waals surface area contributed by atoms with Crippen molar-refractivity contribution in [3.8, 4) is 35.0 Å². The highest BCUT2D eigenvalue weighted by molar-refractivity contribution is 5.34. The molecule has 2 saturated heterocycles. The van der Waals surface area contributed by atoms with Gasteiger partial charge in [0.15, 0.2) is 0 Å². The first kappa shape index (κ1) is 18.6. The van der Waals surface area contributed by atoms with Gasteiger partial charge in [0, 0.05) is 0 Å². The van der Waals surface area contributed by atoms with Gasteiger partial charge in [0.25, 0.3) is 0 Å². The number of hydrogen-bond donors (Lipinski definition) is 0. The van der Waals surface area contributed by atoms with Crippen LogP contribution in [0, 0.1) is 0 Å². The van der Waals surface area contributed by atoms with Crippen LogP contribution in [-0.4, -0.2) is 53.6 Å². The lowest BCUT2D eigenvalue weighted by molar-refractivity contribution is 0.262. The molecule has 3 heterocycles. The van der Waals surface area contributed by atoms with E-state index in [1.165, 1.54) is 6.33 Å². The summed E-state index contributed by atoms with van der Waals surface area (Å²) in [5.74, 6) is 2.64. The third-order valence-corrected chi connectivity index (χ3v) is 4.27. The molecular weight excluding hydrogens is 390 g/mol. The van der Waals surface area contributed by atoms with Crippen LogP contribution in [0.2, 0.25) is 0 Å². The van der Waals surface area contributed by atoms with Crippen molar-refractivity contribution in [3.63, 3.8) is 0 Å². The first-order chi connectivity index (χ1) is 14.8. The monoisotopic (exact) mass is 409 g/mol. The largest absolute Gasteiger partial charge is 0.491 e. The van der Waals surface area contributed by atoms with Crippen molar-refractivity contribution in [1.82, 2.24) is 15.0 Å². The fourth-order valence-corrected chi connectivity index (χ4v) is 2.49. The number of aromatic nitrogens is 3. The molecule has 2 aliphatic rings. The van der Waals surface area contributed by atoms with E-state index in [2.05, 4.69) is 15.0 Å². The average Bonchev–Trinajstić information content (AvgIpc) is 3.69. The number of rotatable bonds is 10. The predicted octanol–water partition coefficient (Wildman–Crippen LogP) is 3.01. The molecule has 0 saturated carbocycles. The number of hydrogen-bond acceptors (Lipinski definition) is 9. The SMILES string of the molecule is c1nc(Oc2ccc(OCC3CO3)cc2)nc(Oc2ccc(OCC3CO3)cc2)n1. The molecule has 9 nitrogen and oxygen atoms in total. The van der Waals surface area contributed by atoms with E-state index in [9.17, 15) is 0 Å². The highest BCUT2D eigenvalue weighted by Gasteiger charge is 2.23. The van der Waals surface area contributed by atoms with Crippen LogP contribution in [0.15, 0.2) is 54.9 Å². The fraction of sp³-hybridized carbons (Fsp3) is 0.286. The minimum Gasteiger partial charge on any atom is -0.491 e. The molecule has 0 spiro atoms. The standard InChI is InChI=1S/C21H19N3O6/c1-5-16(6-2-14(1)25-9-18-11-27-18)29-20-22-13-23-21(24-20)30-17-7-3-15(4-8-17)26-10-19-12-28-19/h1-8,13,18-19H,9-12H2. The first-order valence-electron chi connectivity index (χ1n) is 9.54. The van der Waals surface area contributed by atoms with Crippen molar-refractivity contribution < 1.29 is 28.4 Å². The molecule has 1 aromatic heterocycles. The summed E-state index contributed by atoms with van der Waals surface area (Å²) >= 11 is 0. The molecule has 2 unspecified atom stereocenters. The van der Waals surface area contributed by atoms with Gasteiger partial charge in [-0.05, 0) is 48.5 Å². The lowest BCUT2D eigenvalue weighted by atomic mass is 10.3. The summed E-state index contributed by atoms with van der Waals surface area (Å²) in [6.07, 6.45) is 1.76. The smallest absolute Gasteiger partial charge is 0.328 e. The van der Waals surface area contributed by atoms with Gasteiger partial charge in [-0.15, -0.1) is 4.98 Å². The van der Waals surface area contributed by atoms with Crippen LogP contribution < -0.4 is 18.9 Å². The lowest BCUT2D eigenvalue weighted by Crippen LogP contribution is -2.03. The topological polar surface area (TPSA) is 101 Å². The zero-order valence-electron chi connectivity index (χ0n) is 16.0. The number of benzene rings is 2. The molecule has 0 aliphatic carbocycles. The van der Waals surface area contributed by atoms with Gasteiger partial charge in [-0.1, -0.05) is 0 Å². The molecular formula is C21H19N3O6.